The molecule has 1 aliphatic carbocycles. The second-order valence-corrected chi connectivity index (χ2v) is 5.73. The van der Waals surface area contributed by atoms with E-state index in [2.05, 4.69) is 26.1 Å². The number of rotatable bonds is 7. The predicted octanol–water partition coefficient (Wildman–Crippen LogP) is 3.49. The molecule has 1 saturated carbocycles. The summed E-state index contributed by atoms with van der Waals surface area (Å²) in [6.45, 7) is 7.18. The molecule has 0 spiro atoms. The maximum atomic E-state index is 10.3. The molecule has 2 nitrogen and oxygen atoms in total. The van der Waals surface area contributed by atoms with Gasteiger partial charge in [0.1, 0.15) is 0 Å². The van der Waals surface area contributed by atoms with E-state index in [-0.39, 0.29) is 0 Å². The minimum atomic E-state index is -0.498. The molecular weight excluding hydrogens is 210 g/mol. The van der Waals surface area contributed by atoms with E-state index in [1.807, 2.05) is 0 Å². The van der Waals surface area contributed by atoms with Crippen molar-refractivity contribution in [3.63, 3.8) is 0 Å². The smallest absolute Gasteiger partial charge is 0.0766 e. The predicted molar refractivity (Wildman–Crippen MR) is 74.2 cm³/mol. The lowest BCUT2D eigenvalue weighted by Gasteiger charge is -2.34. The van der Waals surface area contributed by atoms with Crippen LogP contribution in [0.5, 0.6) is 0 Å². The van der Waals surface area contributed by atoms with Crippen molar-refractivity contribution in [2.45, 2.75) is 83.8 Å². The van der Waals surface area contributed by atoms with E-state index < -0.39 is 5.60 Å². The van der Waals surface area contributed by atoms with E-state index in [9.17, 15) is 5.11 Å². The van der Waals surface area contributed by atoms with Gasteiger partial charge in [0, 0.05) is 12.6 Å². The van der Waals surface area contributed by atoms with Crippen LogP contribution in [0.4, 0.5) is 0 Å². The second kappa shape index (κ2) is 7.38. The molecule has 0 aromatic carbocycles. The first-order valence-corrected chi connectivity index (χ1v) is 7.61. The fourth-order valence-corrected chi connectivity index (χ4v) is 3.00. The Morgan fingerprint density at radius 2 is 1.71 bits per heavy atom. The summed E-state index contributed by atoms with van der Waals surface area (Å²) in [7, 11) is 0. The average Bonchev–Trinajstić information content (AvgIpc) is 2.40. The van der Waals surface area contributed by atoms with Crippen molar-refractivity contribution < 1.29 is 5.11 Å². The van der Waals surface area contributed by atoms with Gasteiger partial charge in [-0.1, -0.05) is 40.0 Å². The molecule has 0 aromatic rings. The van der Waals surface area contributed by atoms with Crippen LogP contribution in [0.1, 0.15) is 72.1 Å². The van der Waals surface area contributed by atoms with Crippen LogP contribution in [-0.4, -0.2) is 23.3 Å². The zero-order chi connectivity index (χ0) is 12.7. The summed E-state index contributed by atoms with van der Waals surface area (Å²) in [4.78, 5) is 0. The minimum Gasteiger partial charge on any atom is -0.389 e. The Balaban J connectivity index is 2.40. The van der Waals surface area contributed by atoms with Crippen LogP contribution in [0.3, 0.4) is 0 Å². The quantitative estimate of drug-likeness (QED) is 0.715. The molecule has 1 unspecified atom stereocenters. The molecule has 0 heterocycles. The largest absolute Gasteiger partial charge is 0.389 e. The first kappa shape index (κ1) is 15.0. The second-order valence-electron chi connectivity index (χ2n) is 5.73. The van der Waals surface area contributed by atoms with E-state index in [0.717, 1.165) is 25.3 Å². The third kappa shape index (κ3) is 4.59. The van der Waals surface area contributed by atoms with Crippen molar-refractivity contribution in [1.29, 1.82) is 0 Å². The van der Waals surface area contributed by atoms with Crippen LogP contribution in [-0.2, 0) is 0 Å². The first-order chi connectivity index (χ1) is 8.15. The minimum absolute atomic E-state index is 0.498. The van der Waals surface area contributed by atoms with Crippen molar-refractivity contribution in [2.75, 3.05) is 6.54 Å². The highest BCUT2D eigenvalue weighted by Crippen LogP contribution is 2.28. The average molecular weight is 241 g/mol. The van der Waals surface area contributed by atoms with Gasteiger partial charge in [-0.3, -0.25) is 0 Å². The lowest BCUT2D eigenvalue weighted by Crippen LogP contribution is -2.46. The van der Waals surface area contributed by atoms with E-state index >= 15 is 0 Å². The summed E-state index contributed by atoms with van der Waals surface area (Å²) < 4.78 is 0. The molecule has 17 heavy (non-hydrogen) atoms. The van der Waals surface area contributed by atoms with Crippen LogP contribution >= 0.6 is 0 Å². The molecular formula is C15H31NO. The third-order valence-corrected chi connectivity index (χ3v) is 4.67. The Kier molecular flexibility index (Phi) is 6.50. The first-order valence-electron chi connectivity index (χ1n) is 7.61. The maximum absolute atomic E-state index is 10.3. The molecule has 1 fully saturated rings. The van der Waals surface area contributed by atoms with Gasteiger partial charge in [-0.2, -0.15) is 0 Å². The summed E-state index contributed by atoms with van der Waals surface area (Å²) >= 11 is 0. The third-order valence-electron chi connectivity index (χ3n) is 4.67. The van der Waals surface area contributed by atoms with Crippen molar-refractivity contribution in [2.24, 2.45) is 5.92 Å². The van der Waals surface area contributed by atoms with Gasteiger partial charge < -0.3 is 10.4 Å². The molecule has 2 N–H and O–H groups in total. The van der Waals surface area contributed by atoms with Gasteiger partial charge in [-0.15, -0.1) is 0 Å². The molecule has 2 heteroatoms. The number of aliphatic hydroxyl groups is 1. The molecule has 0 saturated heterocycles. The summed E-state index contributed by atoms with van der Waals surface area (Å²) in [5, 5.41) is 13.9. The molecule has 0 radical (unpaired) electrons. The molecule has 1 aliphatic rings. The van der Waals surface area contributed by atoms with Crippen molar-refractivity contribution >= 4 is 0 Å². The Morgan fingerprint density at radius 3 is 2.18 bits per heavy atom. The van der Waals surface area contributed by atoms with Crippen LogP contribution in [0.15, 0.2) is 0 Å². The summed E-state index contributed by atoms with van der Waals surface area (Å²) in [5.74, 6) is 0.840. The SMILES string of the molecule is CCC(NCC(O)(CC)CC)C1CCCCC1. The highest BCUT2D eigenvalue weighted by molar-refractivity contribution is 4.84. The Hall–Kier alpha value is -0.0800. The maximum Gasteiger partial charge on any atom is 0.0766 e. The zero-order valence-corrected chi connectivity index (χ0v) is 12.0. The molecule has 0 bridgehead atoms. The van der Waals surface area contributed by atoms with Gasteiger partial charge in [0.05, 0.1) is 5.60 Å². The normalized spacial score (nSPS) is 20.5. The number of nitrogens with one attached hydrogen (secondary N) is 1. The van der Waals surface area contributed by atoms with E-state index in [0.29, 0.717) is 6.04 Å². The lowest BCUT2D eigenvalue weighted by atomic mass is 9.82. The molecule has 0 aliphatic heterocycles. The molecule has 1 atom stereocenters. The van der Waals surface area contributed by atoms with Crippen LogP contribution in [0, 0.1) is 5.92 Å². The highest BCUT2D eigenvalue weighted by atomic mass is 16.3. The lowest BCUT2D eigenvalue weighted by molar-refractivity contribution is 0.0267. The van der Waals surface area contributed by atoms with E-state index in [4.69, 9.17) is 0 Å². The monoisotopic (exact) mass is 241 g/mol. The topological polar surface area (TPSA) is 32.3 Å². The number of hydrogen-bond acceptors (Lipinski definition) is 2. The van der Waals surface area contributed by atoms with Gasteiger partial charge in [0.2, 0.25) is 0 Å². The summed E-state index contributed by atoms with van der Waals surface area (Å²) in [6.07, 6.45) is 9.85. The highest BCUT2D eigenvalue weighted by Gasteiger charge is 2.26. The van der Waals surface area contributed by atoms with Crippen molar-refractivity contribution in [3.05, 3.63) is 0 Å². The van der Waals surface area contributed by atoms with E-state index in [1.54, 1.807) is 0 Å². The van der Waals surface area contributed by atoms with Crippen LogP contribution < -0.4 is 5.32 Å². The standard InChI is InChI=1S/C15H31NO/c1-4-14(13-10-8-7-9-11-13)16-12-15(17,5-2)6-3/h13-14,16-17H,4-12H2,1-3H3. The van der Waals surface area contributed by atoms with Crippen LogP contribution in [0.25, 0.3) is 0 Å². The summed E-state index contributed by atoms with van der Waals surface area (Å²) in [5.41, 5.74) is -0.498. The van der Waals surface area contributed by atoms with Gasteiger partial charge >= 0.3 is 0 Å². The van der Waals surface area contributed by atoms with Gasteiger partial charge in [0.15, 0.2) is 0 Å². The van der Waals surface area contributed by atoms with Crippen molar-refractivity contribution in [3.8, 4) is 0 Å². The fraction of sp³-hybridized carbons (Fsp3) is 1.00. The van der Waals surface area contributed by atoms with Gasteiger partial charge in [0.25, 0.3) is 0 Å². The molecule has 0 amide bonds. The summed E-state index contributed by atoms with van der Waals surface area (Å²) in [6, 6.07) is 0.611. The molecule has 1 rings (SSSR count). The zero-order valence-electron chi connectivity index (χ0n) is 12.0. The Labute approximate surface area is 107 Å². The Morgan fingerprint density at radius 1 is 1.12 bits per heavy atom. The van der Waals surface area contributed by atoms with E-state index in [1.165, 1.54) is 38.5 Å². The number of hydrogen-bond donors (Lipinski definition) is 2. The van der Waals surface area contributed by atoms with Gasteiger partial charge in [-0.05, 0) is 38.0 Å². The van der Waals surface area contributed by atoms with Gasteiger partial charge in [-0.25, -0.2) is 0 Å². The van der Waals surface area contributed by atoms with Crippen LogP contribution in [0.2, 0.25) is 0 Å². The molecule has 0 aromatic heterocycles. The molecule has 102 valence electrons. The Bertz CT molecular complexity index is 195. The van der Waals surface area contributed by atoms with Crippen molar-refractivity contribution in [1.82, 2.24) is 5.32 Å². The fourth-order valence-electron chi connectivity index (χ4n) is 3.00.